The maximum Gasteiger partial charge on any atom is 0.261 e. The van der Waals surface area contributed by atoms with Gasteiger partial charge in [-0.15, -0.1) is 0 Å². The van der Waals surface area contributed by atoms with Gasteiger partial charge in [-0.25, -0.2) is 0 Å². The number of nitrogens with one attached hydrogen (secondary N) is 1. The summed E-state index contributed by atoms with van der Waals surface area (Å²) >= 11 is 0. The van der Waals surface area contributed by atoms with Crippen LogP contribution < -0.4 is 5.32 Å². The van der Waals surface area contributed by atoms with E-state index in [2.05, 4.69) is 5.32 Å². The lowest BCUT2D eigenvalue weighted by Gasteiger charge is -2.26. The van der Waals surface area contributed by atoms with Crippen molar-refractivity contribution in [3.05, 3.63) is 35.4 Å². The quantitative estimate of drug-likeness (QED) is 0.738. The first-order valence-corrected chi connectivity index (χ1v) is 8.89. The number of carbonyl (C=O) groups is 3. The molecule has 1 aliphatic heterocycles. The van der Waals surface area contributed by atoms with Crippen molar-refractivity contribution in [2.45, 2.75) is 38.5 Å². The molecule has 1 aromatic carbocycles. The van der Waals surface area contributed by atoms with Gasteiger partial charge in [-0.05, 0) is 31.4 Å². The third-order valence-corrected chi connectivity index (χ3v) is 5.32. The SMILES string of the molecule is O=C(CCCN1C(=O)c2ccccc2C1=O)NCC1(CO)CCCC1. The van der Waals surface area contributed by atoms with Gasteiger partial charge in [0.05, 0.1) is 17.7 Å². The van der Waals surface area contributed by atoms with E-state index >= 15 is 0 Å². The van der Waals surface area contributed by atoms with E-state index in [9.17, 15) is 19.5 Å². The smallest absolute Gasteiger partial charge is 0.261 e. The van der Waals surface area contributed by atoms with E-state index in [-0.39, 0.29) is 42.7 Å². The fourth-order valence-corrected chi connectivity index (χ4v) is 3.73. The van der Waals surface area contributed by atoms with Gasteiger partial charge in [-0.3, -0.25) is 19.3 Å². The Morgan fingerprint density at radius 1 is 1.12 bits per heavy atom. The van der Waals surface area contributed by atoms with E-state index in [0.717, 1.165) is 25.7 Å². The molecule has 0 radical (unpaired) electrons. The maximum absolute atomic E-state index is 12.2. The number of amides is 3. The van der Waals surface area contributed by atoms with E-state index in [1.54, 1.807) is 24.3 Å². The Labute approximate surface area is 147 Å². The van der Waals surface area contributed by atoms with Crippen LogP contribution in [0, 0.1) is 5.41 Å². The minimum atomic E-state index is -0.286. The molecule has 1 heterocycles. The molecule has 2 N–H and O–H groups in total. The average Bonchev–Trinajstić information content (AvgIpc) is 3.20. The summed E-state index contributed by atoms with van der Waals surface area (Å²) < 4.78 is 0. The first kappa shape index (κ1) is 17.6. The molecule has 3 rings (SSSR count). The Bertz CT molecular complexity index is 645. The lowest BCUT2D eigenvalue weighted by Crippen LogP contribution is -2.38. The fourth-order valence-electron chi connectivity index (χ4n) is 3.73. The molecule has 1 aliphatic carbocycles. The lowest BCUT2D eigenvalue weighted by atomic mass is 9.87. The summed E-state index contributed by atoms with van der Waals surface area (Å²) in [7, 11) is 0. The van der Waals surface area contributed by atoms with Crippen LogP contribution in [0.4, 0.5) is 0 Å². The molecule has 0 unspecified atom stereocenters. The minimum absolute atomic E-state index is 0.0995. The van der Waals surface area contributed by atoms with Gasteiger partial charge in [0.25, 0.3) is 11.8 Å². The maximum atomic E-state index is 12.2. The molecule has 0 atom stereocenters. The molecule has 6 nitrogen and oxygen atoms in total. The van der Waals surface area contributed by atoms with Gasteiger partial charge in [0.1, 0.15) is 0 Å². The summed E-state index contributed by atoms with van der Waals surface area (Å²) in [5, 5.41) is 12.5. The highest BCUT2D eigenvalue weighted by molar-refractivity contribution is 6.21. The molecule has 25 heavy (non-hydrogen) atoms. The third-order valence-electron chi connectivity index (χ3n) is 5.32. The second-order valence-electron chi connectivity index (χ2n) is 7.05. The molecule has 3 amide bonds. The van der Waals surface area contributed by atoms with E-state index in [0.29, 0.717) is 24.1 Å². The Balaban J connectivity index is 1.45. The normalized spacial score (nSPS) is 18.5. The number of hydrogen-bond acceptors (Lipinski definition) is 4. The van der Waals surface area contributed by atoms with Crippen LogP contribution in [-0.4, -0.2) is 47.4 Å². The van der Waals surface area contributed by atoms with Crippen LogP contribution in [0.1, 0.15) is 59.2 Å². The molecule has 2 aliphatic rings. The first-order valence-electron chi connectivity index (χ1n) is 8.89. The molecule has 1 aromatic rings. The number of aliphatic hydroxyl groups excluding tert-OH is 1. The molecule has 6 heteroatoms. The van der Waals surface area contributed by atoms with Gasteiger partial charge in [-0.2, -0.15) is 0 Å². The van der Waals surface area contributed by atoms with Crippen molar-refractivity contribution in [2.75, 3.05) is 19.7 Å². The highest BCUT2D eigenvalue weighted by Crippen LogP contribution is 2.36. The van der Waals surface area contributed by atoms with Crippen molar-refractivity contribution < 1.29 is 19.5 Å². The Kier molecular flexibility index (Phi) is 5.18. The van der Waals surface area contributed by atoms with Gasteiger partial charge < -0.3 is 10.4 Å². The lowest BCUT2D eigenvalue weighted by molar-refractivity contribution is -0.121. The van der Waals surface area contributed by atoms with Crippen LogP contribution >= 0.6 is 0 Å². The minimum Gasteiger partial charge on any atom is -0.396 e. The van der Waals surface area contributed by atoms with Gasteiger partial charge >= 0.3 is 0 Å². The van der Waals surface area contributed by atoms with E-state index in [1.165, 1.54) is 4.90 Å². The molecular weight excluding hydrogens is 320 g/mol. The van der Waals surface area contributed by atoms with Crippen molar-refractivity contribution in [2.24, 2.45) is 5.41 Å². The predicted octanol–water partition coefficient (Wildman–Crippen LogP) is 1.73. The van der Waals surface area contributed by atoms with Crippen LogP contribution in [0.3, 0.4) is 0 Å². The zero-order valence-electron chi connectivity index (χ0n) is 14.3. The van der Waals surface area contributed by atoms with Gasteiger partial charge in [0.15, 0.2) is 0 Å². The van der Waals surface area contributed by atoms with Crippen LogP contribution in [0.25, 0.3) is 0 Å². The zero-order valence-corrected chi connectivity index (χ0v) is 14.3. The van der Waals surface area contributed by atoms with E-state index in [4.69, 9.17) is 0 Å². The summed E-state index contributed by atoms with van der Waals surface area (Å²) in [6, 6.07) is 6.78. The molecule has 1 saturated carbocycles. The molecule has 0 bridgehead atoms. The molecular formula is C19H24N2O4. The van der Waals surface area contributed by atoms with Crippen molar-refractivity contribution in [1.29, 1.82) is 0 Å². The topological polar surface area (TPSA) is 86.7 Å². The number of hydrogen-bond donors (Lipinski definition) is 2. The van der Waals surface area contributed by atoms with Crippen molar-refractivity contribution in [1.82, 2.24) is 10.2 Å². The number of benzene rings is 1. The number of imide groups is 1. The molecule has 1 fully saturated rings. The standard InChI is InChI=1S/C19H24N2O4/c22-13-19(9-3-4-10-19)12-20-16(23)8-5-11-21-17(24)14-6-1-2-7-15(14)18(21)25/h1-2,6-7,22H,3-5,8-13H2,(H,20,23). The first-order chi connectivity index (χ1) is 12.1. The Morgan fingerprint density at radius 3 is 2.28 bits per heavy atom. The molecule has 0 saturated heterocycles. The third kappa shape index (κ3) is 3.58. The van der Waals surface area contributed by atoms with Crippen LogP contribution in [-0.2, 0) is 4.79 Å². The highest BCUT2D eigenvalue weighted by Gasteiger charge is 2.35. The number of nitrogens with zero attached hydrogens (tertiary/aromatic N) is 1. The largest absolute Gasteiger partial charge is 0.396 e. The Morgan fingerprint density at radius 2 is 1.72 bits per heavy atom. The number of rotatable bonds is 7. The van der Waals surface area contributed by atoms with Crippen LogP contribution in [0.5, 0.6) is 0 Å². The molecule has 0 spiro atoms. The fraction of sp³-hybridized carbons (Fsp3) is 0.526. The summed E-state index contributed by atoms with van der Waals surface area (Å²) in [5.41, 5.74) is 0.698. The van der Waals surface area contributed by atoms with E-state index in [1.807, 2.05) is 0 Å². The van der Waals surface area contributed by atoms with Crippen molar-refractivity contribution in [3.63, 3.8) is 0 Å². The second-order valence-corrected chi connectivity index (χ2v) is 7.05. The molecule has 134 valence electrons. The van der Waals surface area contributed by atoms with Crippen LogP contribution in [0.15, 0.2) is 24.3 Å². The van der Waals surface area contributed by atoms with Gasteiger partial charge in [0.2, 0.25) is 5.91 Å². The number of fused-ring (bicyclic) bond motifs is 1. The summed E-state index contributed by atoms with van der Waals surface area (Å²) in [4.78, 5) is 37.7. The zero-order chi connectivity index (χ0) is 17.9. The average molecular weight is 344 g/mol. The summed E-state index contributed by atoms with van der Waals surface area (Å²) in [6.45, 7) is 0.836. The predicted molar refractivity (Wildman–Crippen MR) is 92.0 cm³/mol. The summed E-state index contributed by atoms with van der Waals surface area (Å²) in [6.07, 6.45) is 4.77. The highest BCUT2D eigenvalue weighted by atomic mass is 16.3. The van der Waals surface area contributed by atoms with Gasteiger partial charge in [0, 0.05) is 24.9 Å². The Hall–Kier alpha value is -2.21. The van der Waals surface area contributed by atoms with Crippen molar-refractivity contribution in [3.8, 4) is 0 Å². The van der Waals surface area contributed by atoms with Crippen LogP contribution in [0.2, 0.25) is 0 Å². The number of carbonyl (C=O) groups excluding carboxylic acids is 3. The van der Waals surface area contributed by atoms with Gasteiger partial charge in [-0.1, -0.05) is 25.0 Å². The number of aliphatic hydroxyl groups is 1. The second kappa shape index (κ2) is 7.35. The monoisotopic (exact) mass is 344 g/mol. The molecule has 0 aromatic heterocycles. The van der Waals surface area contributed by atoms with E-state index < -0.39 is 0 Å². The van der Waals surface area contributed by atoms with Crippen molar-refractivity contribution >= 4 is 17.7 Å². The summed E-state index contributed by atoms with van der Waals surface area (Å²) in [5.74, 6) is -0.672.